The number of anilines is 1. The van der Waals surface area contributed by atoms with Crippen molar-refractivity contribution in [3.05, 3.63) is 28.8 Å². The molecule has 0 fully saturated rings. The molecule has 0 aromatic heterocycles. The van der Waals surface area contributed by atoms with E-state index in [2.05, 4.69) is 5.32 Å². The van der Waals surface area contributed by atoms with Gasteiger partial charge in [0.05, 0.1) is 0 Å². The highest BCUT2D eigenvalue weighted by atomic mass is 16.6. The highest BCUT2D eigenvalue weighted by molar-refractivity contribution is 6.37. The number of aryl methyl sites for hydroxylation is 3. The predicted molar refractivity (Wildman–Crippen MR) is 75.1 cm³/mol. The molecule has 0 aliphatic rings. The molecule has 0 atom stereocenters. The maximum absolute atomic E-state index is 11.8. The molecule has 4 nitrogen and oxygen atoms in total. The van der Waals surface area contributed by atoms with Gasteiger partial charge in [-0.15, -0.1) is 0 Å². The first-order chi connectivity index (χ1) is 8.60. The Morgan fingerprint density at radius 3 is 2.05 bits per heavy atom. The number of benzene rings is 1. The Balaban J connectivity index is 2.83. The zero-order chi connectivity index (χ0) is 14.8. The molecule has 0 spiro atoms. The number of esters is 1. The lowest BCUT2D eigenvalue weighted by atomic mass is 10.0. The summed E-state index contributed by atoms with van der Waals surface area (Å²) in [6, 6.07) is 3.83. The maximum Gasteiger partial charge on any atom is 0.397 e. The molecule has 0 heterocycles. The number of amides is 1. The average molecular weight is 263 g/mol. The fourth-order valence-corrected chi connectivity index (χ4v) is 1.59. The Labute approximate surface area is 114 Å². The van der Waals surface area contributed by atoms with Crippen molar-refractivity contribution in [1.82, 2.24) is 0 Å². The molecule has 0 saturated heterocycles. The van der Waals surface area contributed by atoms with Crippen LogP contribution in [0.3, 0.4) is 0 Å². The van der Waals surface area contributed by atoms with Gasteiger partial charge >= 0.3 is 11.9 Å². The van der Waals surface area contributed by atoms with Crippen molar-refractivity contribution in [3.8, 4) is 0 Å². The van der Waals surface area contributed by atoms with Crippen LogP contribution in [0.5, 0.6) is 0 Å². The minimum absolute atomic E-state index is 0.638. The summed E-state index contributed by atoms with van der Waals surface area (Å²) in [5, 5.41) is 2.59. The summed E-state index contributed by atoms with van der Waals surface area (Å²) in [5.41, 5.74) is 3.09. The van der Waals surface area contributed by atoms with E-state index in [0.29, 0.717) is 5.69 Å². The van der Waals surface area contributed by atoms with Crippen molar-refractivity contribution < 1.29 is 14.3 Å². The van der Waals surface area contributed by atoms with Crippen LogP contribution in [-0.4, -0.2) is 17.5 Å². The van der Waals surface area contributed by atoms with E-state index in [1.54, 1.807) is 20.8 Å². The van der Waals surface area contributed by atoms with Gasteiger partial charge in [-0.25, -0.2) is 4.79 Å². The summed E-state index contributed by atoms with van der Waals surface area (Å²) in [6.07, 6.45) is 0. The monoisotopic (exact) mass is 263 g/mol. The molecule has 0 unspecified atom stereocenters. The van der Waals surface area contributed by atoms with Crippen molar-refractivity contribution in [2.45, 2.75) is 47.1 Å². The summed E-state index contributed by atoms with van der Waals surface area (Å²) in [7, 11) is 0. The van der Waals surface area contributed by atoms with Gasteiger partial charge in [-0.05, 0) is 64.3 Å². The fourth-order valence-electron chi connectivity index (χ4n) is 1.59. The van der Waals surface area contributed by atoms with Gasteiger partial charge in [0.1, 0.15) is 5.60 Å². The summed E-state index contributed by atoms with van der Waals surface area (Å²) in [4.78, 5) is 23.3. The summed E-state index contributed by atoms with van der Waals surface area (Å²) < 4.78 is 5.01. The van der Waals surface area contributed by atoms with Crippen LogP contribution in [0.1, 0.15) is 37.5 Å². The first-order valence-corrected chi connectivity index (χ1v) is 6.22. The number of nitrogens with one attached hydrogen (secondary N) is 1. The standard InChI is InChI=1S/C15H21NO3/c1-9-7-11(3)12(8-10(9)2)16-13(17)14(18)19-15(4,5)6/h7-8H,1-6H3,(H,16,17). The highest BCUT2D eigenvalue weighted by Gasteiger charge is 2.23. The number of carbonyl (C=O) groups is 2. The first kappa shape index (κ1) is 15.2. The molecular formula is C15H21NO3. The largest absolute Gasteiger partial charge is 0.453 e. The van der Waals surface area contributed by atoms with Crippen LogP contribution in [0.15, 0.2) is 12.1 Å². The van der Waals surface area contributed by atoms with E-state index >= 15 is 0 Å². The van der Waals surface area contributed by atoms with Gasteiger partial charge in [-0.2, -0.15) is 0 Å². The van der Waals surface area contributed by atoms with E-state index in [0.717, 1.165) is 16.7 Å². The smallest absolute Gasteiger partial charge is 0.397 e. The molecule has 1 rings (SSSR count). The van der Waals surface area contributed by atoms with Crippen LogP contribution >= 0.6 is 0 Å². The molecule has 1 aromatic carbocycles. The van der Waals surface area contributed by atoms with E-state index in [4.69, 9.17) is 4.74 Å². The molecule has 1 N–H and O–H groups in total. The zero-order valence-corrected chi connectivity index (χ0v) is 12.4. The minimum atomic E-state index is -0.870. The van der Waals surface area contributed by atoms with Crippen LogP contribution in [0, 0.1) is 20.8 Å². The minimum Gasteiger partial charge on any atom is -0.453 e. The molecule has 104 valence electrons. The number of hydrogen-bond acceptors (Lipinski definition) is 3. The lowest BCUT2D eigenvalue weighted by Gasteiger charge is -2.19. The third-order valence-corrected chi connectivity index (χ3v) is 2.67. The Morgan fingerprint density at radius 1 is 1.00 bits per heavy atom. The van der Waals surface area contributed by atoms with Crippen molar-refractivity contribution in [3.63, 3.8) is 0 Å². The quantitative estimate of drug-likeness (QED) is 0.626. The molecule has 1 aromatic rings. The van der Waals surface area contributed by atoms with Gasteiger partial charge in [0, 0.05) is 5.69 Å². The average Bonchev–Trinajstić information content (AvgIpc) is 2.23. The molecule has 4 heteroatoms. The van der Waals surface area contributed by atoms with Gasteiger partial charge in [0.15, 0.2) is 0 Å². The predicted octanol–water partition coefficient (Wildman–Crippen LogP) is 2.89. The topological polar surface area (TPSA) is 55.4 Å². The van der Waals surface area contributed by atoms with E-state index in [1.165, 1.54) is 0 Å². The lowest BCUT2D eigenvalue weighted by Crippen LogP contribution is -2.32. The Kier molecular flexibility index (Phi) is 4.35. The van der Waals surface area contributed by atoms with E-state index in [1.807, 2.05) is 32.9 Å². The van der Waals surface area contributed by atoms with Gasteiger partial charge < -0.3 is 10.1 Å². The third kappa shape index (κ3) is 4.39. The summed E-state index contributed by atoms with van der Waals surface area (Å²) in [6.45, 7) is 11.0. The van der Waals surface area contributed by atoms with Crippen LogP contribution in [0.25, 0.3) is 0 Å². The molecule has 0 aliphatic heterocycles. The van der Waals surface area contributed by atoms with E-state index in [-0.39, 0.29) is 0 Å². The summed E-state index contributed by atoms with van der Waals surface area (Å²) in [5.74, 6) is -1.62. The molecule has 1 amide bonds. The van der Waals surface area contributed by atoms with Crippen LogP contribution < -0.4 is 5.32 Å². The second-order valence-corrected chi connectivity index (χ2v) is 5.71. The summed E-state index contributed by atoms with van der Waals surface area (Å²) >= 11 is 0. The van der Waals surface area contributed by atoms with Gasteiger partial charge in [0.25, 0.3) is 0 Å². The Morgan fingerprint density at radius 2 is 1.53 bits per heavy atom. The first-order valence-electron chi connectivity index (χ1n) is 6.22. The van der Waals surface area contributed by atoms with Crippen molar-refractivity contribution in [2.75, 3.05) is 5.32 Å². The molecular weight excluding hydrogens is 242 g/mol. The Bertz CT molecular complexity index is 513. The molecule has 0 saturated carbocycles. The van der Waals surface area contributed by atoms with Gasteiger partial charge in [-0.1, -0.05) is 6.07 Å². The number of ether oxygens (including phenoxy) is 1. The van der Waals surface area contributed by atoms with Crippen molar-refractivity contribution in [2.24, 2.45) is 0 Å². The zero-order valence-electron chi connectivity index (χ0n) is 12.4. The van der Waals surface area contributed by atoms with E-state index in [9.17, 15) is 9.59 Å². The highest BCUT2D eigenvalue weighted by Crippen LogP contribution is 2.20. The second-order valence-electron chi connectivity index (χ2n) is 5.71. The van der Waals surface area contributed by atoms with E-state index < -0.39 is 17.5 Å². The molecule has 19 heavy (non-hydrogen) atoms. The third-order valence-electron chi connectivity index (χ3n) is 2.67. The molecule has 0 radical (unpaired) electrons. The van der Waals surface area contributed by atoms with Crippen LogP contribution in [0.4, 0.5) is 5.69 Å². The normalized spacial score (nSPS) is 11.1. The fraction of sp³-hybridized carbons (Fsp3) is 0.467. The van der Waals surface area contributed by atoms with Crippen molar-refractivity contribution in [1.29, 1.82) is 0 Å². The maximum atomic E-state index is 11.8. The number of rotatable bonds is 1. The molecule has 0 bridgehead atoms. The van der Waals surface area contributed by atoms with Crippen molar-refractivity contribution >= 4 is 17.6 Å². The number of hydrogen-bond donors (Lipinski definition) is 1. The molecule has 0 aliphatic carbocycles. The second kappa shape index (κ2) is 5.43. The lowest BCUT2D eigenvalue weighted by molar-refractivity contribution is -0.161. The van der Waals surface area contributed by atoms with Crippen LogP contribution in [-0.2, 0) is 14.3 Å². The van der Waals surface area contributed by atoms with Gasteiger partial charge in [-0.3, -0.25) is 4.79 Å². The Hall–Kier alpha value is -1.84. The number of carbonyl (C=O) groups excluding carboxylic acids is 2. The van der Waals surface area contributed by atoms with Crippen LogP contribution in [0.2, 0.25) is 0 Å². The SMILES string of the molecule is Cc1cc(C)c(NC(=O)C(=O)OC(C)(C)C)cc1C. The van der Waals surface area contributed by atoms with Gasteiger partial charge in [0.2, 0.25) is 0 Å².